The van der Waals surface area contributed by atoms with Crippen molar-refractivity contribution in [3.8, 4) is 0 Å². The molecule has 1 unspecified atom stereocenters. The van der Waals surface area contributed by atoms with Crippen molar-refractivity contribution in [2.75, 3.05) is 13.1 Å². The maximum absolute atomic E-state index is 12.1. The summed E-state index contributed by atoms with van der Waals surface area (Å²) in [6.45, 7) is 3.02. The third-order valence-electron chi connectivity index (χ3n) is 3.80. The van der Waals surface area contributed by atoms with Crippen LogP contribution >= 0.6 is 0 Å². The molecule has 0 spiro atoms. The molecule has 1 aliphatic carbocycles. The second-order valence-corrected chi connectivity index (χ2v) is 4.99. The van der Waals surface area contributed by atoms with Gasteiger partial charge in [-0.15, -0.1) is 0 Å². The van der Waals surface area contributed by atoms with Crippen molar-refractivity contribution < 1.29 is 14.7 Å². The van der Waals surface area contributed by atoms with E-state index in [1.54, 1.807) is 4.90 Å². The average molecular weight is 211 g/mol. The van der Waals surface area contributed by atoms with Gasteiger partial charge in [0, 0.05) is 18.5 Å². The van der Waals surface area contributed by atoms with Gasteiger partial charge in [0.05, 0.1) is 5.92 Å². The smallest absolute Gasteiger partial charge is 0.308 e. The number of amides is 1. The lowest BCUT2D eigenvalue weighted by atomic mass is 9.69. The molecule has 1 aliphatic heterocycles. The molecule has 1 N–H and O–H groups in total. The van der Waals surface area contributed by atoms with Crippen molar-refractivity contribution in [2.45, 2.75) is 32.6 Å². The zero-order valence-electron chi connectivity index (χ0n) is 9.03. The van der Waals surface area contributed by atoms with E-state index in [1.807, 2.05) is 6.92 Å². The topological polar surface area (TPSA) is 57.6 Å². The molecule has 1 atom stereocenters. The minimum Gasteiger partial charge on any atom is -0.481 e. The third kappa shape index (κ3) is 1.73. The van der Waals surface area contributed by atoms with Crippen LogP contribution in [0.5, 0.6) is 0 Å². The van der Waals surface area contributed by atoms with Crippen molar-refractivity contribution in [3.05, 3.63) is 0 Å². The number of aliphatic carboxylic acids is 1. The van der Waals surface area contributed by atoms with E-state index in [4.69, 9.17) is 5.11 Å². The van der Waals surface area contributed by atoms with Crippen LogP contribution in [0.25, 0.3) is 0 Å². The highest BCUT2D eigenvalue weighted by atomic mass is 16.4. The van der Waals surface area contributed by atoms with Crippen molar-refractivity contribution in [2.24, 2.45) is 11.3 Å². The first-order chi connectivity index (χ1) is 7.03. The van der Waals surface area contributed by atoms with Crippen LogP contribution in [0.1, 0.15) is 32.6 Å². The molecule has 0 aromatic rings. The molecule has 1 saturated heterocycles. The van der Waals surface area contributed by atoms with Crippen LogP contribution in [0.2, 0.25) is 0 Å². The molecular weight excluding hydrogens is 194 g/mol. The molecule has 15 heavy (non-hydrogen) atoms. The van der Waals surface area contributed by atoms with Gasteiger partial charge in [0.15, 0.2) is 0 Å². The number of rotatable bonds is 2. The number of carbonyl (C=O) groups excluding carboxylic acids is 1. The Balaban J connectivity index is 1.96. The van der Waals surface area contributed by atoms with E-state index in [9.17, 15) is 9.59 Å². The van der Waals surface area contributed by atoms with Gasteiger partial charge in [0.1, 0.15) is 0 Å². The number of hydrogen-bond acceptors (Lipinski definition) is 2. The van der Waals surface area contributed by atoms with Crippen LogP contribution in [-0.2, 0) is 9.59 Å². The van der Waals surface area contributed by atoms with Gasteiger partial charge >= 0.3 is 5.97 Å². The maximum Gasteiger partial charge on any atom is 0.308 e. The van der Waals surface area contributed by atoms with Crippen molar-refractivity contribution in [3.63, 3.8) is 0 Å². The SMILES string of the molecule is CC1(C(=O)N2CCC(C(=O)O)C2)CCC1. The third-order valence-corrected chi connectivity index (χ3v) is 3.80. The van der Waals surface area contributed by atoms with Gasteiger partial charge in [0.2, 0.25) is 5.91 Å². The van der Waals surface area contributed by atoms with Gasteiger partial charge in [-0.05, 0) is 19.3 Å². The Morgan fingerprint density at radius 1 is 1.40 bits per heavy atom. The fourth-order valence-corrected chi connectivity index (χ4v) is 2.45. The first-order valence-corrected chi connectivity index (χ1v) is 5.55. The van der Waals surface area contributed by atoms with E-state index in [0.29, 0.717) is 19.5 Å². The van der Waals surface area contributed by atoms with Gasteiger partial charge in [-0.3, -0.25) is 9.59 Å². The second-order valence-electron chi connectivity index (χ2n) is 4.99. The van der Waals surface area contributed by atoms with Gasteiger partial charge in [-0.2, -0.15) is 0 Å². The molecule has 0 bridgehead atoms. The summed E-state index contributed by atoms with van der Waals surface area (Å²) in [5.41, 5.74) is -0.187. The quantitative estimate of drug-likeness (QED) is 0.744. The van der Waals surface area contributed by atoms with Crippen LogP contribution in [0.15, 0.2) is 0 Å². The predicted octanol–water partition coefficient (Wildman–Crippen LogP) is 1.11. The number of hydrogen-bond donors (Lipinski definition) is 1. The van der Waals surface area contributed by atoms with Crippen LogP contribution in [0, 0.1) is 11.3 Å². The summed E-state index contributed by atoms with van der Waals surface area (Å²) in [4.78, 5) is 24.5. The minimum atomic E-state index is -0.774. The number of nitrogens with zero attached hydrogens (tertiary/aromatic N) is 1. The zero-order valence-corrected chi connectivity index (χ0v) is 9.03. The van der Waals surface area contributed by atoms with Gasteiger partial charge in [0.25, 0.3) is 0 Å². The molecule has 4 heteroatoms. The average Bonchev–Trinajstić information content (AvgIpc) is 2.61. The van der Waals surface area contributed by atoms with Crippen LogP contribution in [0.4, 0.5) is 0 Å². The Morgan fingerprint density at radius 2 is 2.07 bits per heavy atom. The van der Waals surface area contributed by atoms with Crippen LogP contribution in [-0.4, -0.2) is 35.0 Å². The monoisotopic (exact) mass is 211 g/mol. The standard InChI is InChI=1S/C11H17NO3/c1-11(4-2-5-11)10(15)12-6-3-8(7-12)9(13)14/h8H,2-7H2,1H3,(H,13,14). The summed E-state index contributed by atoms with van der Waals surface area (Å²) in [5.74, 6) is -0.959. The summed E-state index contributed by atoms with van der Waals surface area (Å²) in [5, 5.41) is 8.85. The number of carboxylic acids is 1. The molecule has 4 nitrogen and oxygen atoms in total. The lowest BCUT2D eigenvalue weighted by Crippen LogP contribution is -2.45. The summed E-state index contributed by atoms with van der Waals surface area (Å²) < 4.78 is 0. The predicted molar refractivity (Wildman–Crippen MR) is 54.3 cm³/mol. The van der Waals surface area contributed by atoms with E-state index < -0.39 is 5.97 Å². The van der Waals surface area contributed by atoms with Crippen molar-refractivity contribution in [1.29, 1.82) is 0 Å². The van der Waals surface area contributed by atoms with Crippen LogP contribution in [0.3, 0.4) is 0 Å². The first-order valence-electron chi connectivity index (χ1n) is 5.55. The molecule has 1 heterocycles. The molecule has 84 valence electrons. The molecule has 2 rings (SSSR count). The molecule has 2 fully saturated rings. The zero-order chi connectivity index (χ0) is 11.1. The minimum absolute atomic E-state index is 0.164. The summed E-state index contributed by atoms with van der Waals surface area (Å²) in [7, 11) is 0. The van der Waals surface area contributed by atoms with E-state index in [2.05, 4.69) is 0 Å². The van der Waals surface area contributed by atoms with E-state index in [1.165, 1.54) is 0 Å². The lowest BCUT2D eigenvalue weighted by Gasteiger charge is -2.39. The lowest BCUT2D eigenvalue weighted by molar-refractivity contribution is -0.146. The van der Waals surface area contributed by atoms with E-state index in [-0.39, 0.29) is 17.2 Å². The summed E-state index contributed by atoms with van der Waals surface area (Å²) in [6.07, 6.45) is 3.65. The van der Waals surface area contributed by atoms with Gasteiger partial charge in [-0.25, -0.2) is 0 Å². The molecule has 2 aliphatic rings. The molecule has 0 aromatic heterocycles. The molecule has 1 saturated carbocycles. The Labute approximate surface area is 89.3 Å². The number of carbonyl (C=O) groups is 2. The Kier molecular flexibility index (Phi) is 2.44. The fourth-order valence-electron chi connectivity index (χ4n) is 2.45. The summed E-state index contributed by atoms with van der Waals surface area (Å²) in [6, 6.07) is 0. The Morgan fingerprint density at radius 3 is 2.47 bits per heavy atom. The second kappa shape index (κ2) is 3.51. The number of likely N-dealkylation sites (tertiary alicyclic amines) is 1. The fraction of sp³-hybridized carbons (Fsp3) is 0.818. The van der Waals surface area contributed by atoms with Crippen LogP contribution < -0.4 is 0 Å². The molecule has 0 aromatic carbocycles. The highest BCUT2D eigenvalue weighted by molar-refractivity contribution is 5.84. The van der Waals surface area contributed by atoms with E-state index >= 15 is 0 Å². The summed E-state index contributed by atoms with van der Waals surface area (Å²) >= 11 is 0. The van der Waals surface area contributed by atoms with Gasteiger partial charge < -0.3 is 10.0 Å². The maximum atomic E-state index is 12.1. The normalized spacial score (nSPS) is 28.6. The Hall–Kier alpha value is -1.06. The molecule has 1 amide bonds. The molecular formula is C11H17NO3. The highest BCUT2D eigenvalue weighted by Crippen LogP contribution is 2.42. The number of carboxylic acid groups (broad SMARTS) is 1. The van der Waals surface area contributed by atoms with Crippen molar-refractivity contribution >= 4 is 11.9 Å². The Bertz CT molecular complexity index is 296. The molecule has 0 radical (unpaired) electrons. The highest BCUT2D eigenvalue weighted by Gasteiger charge is 2.44. The van der Waals surface area contributed by atoms with E-state index in [0.717, 1.165) is 19.3 Å². The first kappa shape index (κ1) is 10.5. The van der Waals surface area contributed by atoms with Crippen molar-refractivity contribution in [1.82, 2.24) is 4.90 Å². The largest absolute Gasteiger partial charge is 0.481 e. The van der Waals surface area contributed by atoms with Gasteiger partial charge in [-0.1, -0.05) is 13.3 Å².